The van der Waals surface area contributed by atoms with Crippen molar-refractivity contribution >= 4 is 27.7 Å². The number of rotatable bonds is 6. The number of sulfonamides is 1. The van der Waals surface area contributed by atoms with Crippen molar-refractivity contribution in [3.8, 4) is 0 Å². The van der Waals surface area contributed by atoms with Crippen LogP contribution in [0.1, 0.15) is 25.0 Å². The highest BCUT2D eigenvalue weighted by atomic mass is 32.2. The maximum Gasteiger partial charge on any atom is 0.251 e. The number of carbonyl (C=O) groups is 1. The summed E-state index contributed by atoms with van der Waals surface area (Å²) >= 11 is 0. The molecule has 0 aromatic heterocycles. The van der Waals surface area contributed by atoms with Crippen LogP contribution in [0.3, 0.4) is 0 Å². The summed E-state index contributed by atoms with van der Waals surface area (Å²) in [7, 11) is -3.49. The van der Waals surface area contributed by atoms with Crippen LogP contribution in [0, 0.1) is 0 Å². The van der Waals surface area contributed by atoms with E-state index < -0.39 is 10.0 Å². The minimum absolute atomic E-state index is 0.100. The van der Waals surface area contributed by atoms with E-state index in [0.29, 0.717) is 31.0 Å². The zero-order valence-corrected chi connectivity index (χ0v) is 16.4. The molecule has 0 saturated carbocycles. The lowest BCUT2D eigenvalue weighted by Crippen LogP contribution is -2.30. The van der Waals surface area contributed by atoms with Gasteiger partial charge in [0.25, 0.3) is 5.91 Å². The average molecular weight is 385 g/mol. The number of anilines is 1. The van der Waals surface area contributed by atoms with Crippen molar-refractivity contribution in [3.63, 3.8) is 0 Å². The SMILES string of the molecule is CCN(CC)S(=O)(=O)c1ccc2c(c1)CCN2C(=O)C=Cc1ccccc1. The van der Waals surface area contributed by atoms with E-state index in [-0.39, 0.29) is 5.91 Å². The monoisotopic (exact) mass is 384 g/mol. The fraction of sp³-hybridized carbons (Fsp3) is 0.286. The molecule has 0 spiro atoms. The van der Waals surface area contributed by atoms with E-state index in [2.05, 4.69) is 0 Å². The fourth-order valence-electron chi connectivity index (χ4n) is 3.30. The van der Waals surface area contributed by atoms with Gasteiger partial charge in [-0.2, -0.15) is 4.31 Å². The molecular weight excluding hydrogens is 360 g/mol. The number of amides is 1. The van der Waals surface area contributed by atoms with Crippen LogP contribution in [0.15, 0.2) is 59.5 Å². The van der Waals surface area contributed by atoms with Gasteiger partial charge >= 0.3 is 0 Å². The molecule has 0 saturated heterocycles. The molecule has 2 aromatic rings. The first-order valence-electron chi connectivity index (χ1n) is 9.15. The molecule has 142 valence electrons. The lowest BCUT2D eigenvalue weighted by atomic mass is 10.2. The van der Waals surface area contributed by atoms with Crippen LogP contribution < -0.4 is 4.90 Å². The normalized spacial score (nSPS) is 14.1. The van der Waals surface area contributed by atoms with Gasteiger partial charge in [0.2, 0.25) is 10.0 Å². The van der Waals surface area contributed by atoms with E-state index in [1.54, 1.807) is 35.3 Å². The predicted molar refractivity (Wildman–Crippen MR) is 108 cm³/mol. The summed E-state index contributed by atoms with van der Waals surface area (Å²) in [4.78, 5) is 14.6. The van der Waals surface area contributed by atoms with E-state index in [9.17, 15) is 13.2 Å². The van der Waals surface area contributed by atoms with Crippen molar-refractivity contribution in [1.82, 2.24) is 4.31 Å². The molecule has 0 atom stereocenters. The number of fused-ring (bicyclic) bond motifs is 1. The van der Waals surface area contributed by atoms with Gasteiger partial charge < -0.3 is 4.90 Å². The molecule has 0 unspecified atom stereocenters. The Morgan fingerprint density at radius 2 is 1.81 bits per heavy atom. The number of nitrogens with zero attached hydrogens (tertiary/aromatic N) is 2. The minimum Gasteiger partial charge on any atom is -0.308 e. The van der Waals surface area contributed by atoms with Gasteiger partial charge in [-0.05, 0) is 41.8 Å². The van der Waals surface area contributed by atoms with Crippen molar-refractivity contribution in [2.24, 2.45) is 0 Å². The molecule has 0 bridgehead atoms. The van der Waals surface area contributed by atoms with E-state index in [4.69, 9.17) is 0 Å². The van der Waals surface area contributed by atoms with Crippen molar-refractivity contribution < 1.29 is 13.2 Å². The predicted octanol–water partition coefficient (Wildman–Crippen LogP) is 3.32. The highest BCUT2D eigenvalue weighted by Gasteiger charge is 2.27. The van der Waals surface area contributed by atoms with Crippen LogP contribution in [0.25, 0.3) is 6.08 Å². The summed E-state index contributed by atoms with van der Waals surface area (Å²) in [6.45, 7) is 5.08. The Morgan fingerprint density at radius 3 is 2.48 bits per heavy atom. The average Bonchev–Trinajstić information content (AvgIpc) is 3.11. The van der Waals surface area contributed by atoms with Gasteiger partial charge in [0.1, 0.15) is 0 Å². The topological polar surface area (TPSA) is 57.7 Å². The molecule has 0 aliphatic carbocycles. The Kier molecular flexibility index (Phi) is 5.77. The van der Waals surface area contributed by atoms with Gasteiger partial charge in [0, 0.05) is 31.4 Å². The van der Waals surface area contributed by atoms with E-state index in [1.165, 1.54) is 4.31 Å². The molecule has 1 heterocycles. The molecule has 1 aliphatic heterocycles. The molecule has 1 amide bonds. The summed E-state index contributed by atoms with van der Waals surface area (Å²) in [5.41, 5.74) is 2.65. The van der Waals surface area contributed by atoms with Gasteiger partial charge in [-0.3, -0.25) is 4.79 Å². The molecule has 0 radical (unpaired) electrons. The Morgan fingerprint density at radius 1 is 1.11 bits per heavy atom. The number of carbonyl (C=O) groups excluding carboxylic acids is 1. The first kappa shape index (κ1) is 19.3. The van der Waals surface area contributed by atoms with Crippen LogP contribution in [-0.2, 0) is 21.2 Å². The Bertz CT molecular complexity index is 949. The van der Waals surface area contributed by atoms with Gasteiger partial charge in [-0.15, -0.1) is 0 Å². The molecule has 5 nitrogen and oxygen atoms in total. The Hall–Kier alpha value is -2.44. The van der Waals surface area contributed by atoms with Crippen LogP contribution in [-0.4, -0.2) is 38.3 Å². The molecule has 27 heavy (non-hydrogen) atoms. The van der Waals surface area contributed by atoms with Crippen molar-refractivity contribution in [1.29, 1.82) is 0 Å². The minimum atomic E-state index is -3.49. The number of benzene rings is 2. The van der Waals surface area contributed by atoms with Gasteiger partial charge in [-0.25, -0.2) is 8.42 Å². The zero-order chi connectivity index (χ0) is 19.4. The standard InChI is InChI=1S/C21H24N2O3S/c1-3-22(4-2)27(25,26)19-11-12-20-18(16-19)14-15-23(20)21(24)13-10-17-8-6-5-7-9-17/h5-13,16H,3-4,14-15H2,1-2H3. The highest BCUT2D eigenvalue weighted by molar-refractivity contribution is 7.89. The van der Waals surface area contributed by atoms with E-state index >= 15 is 0 Å². The summed E-state index contributed by atoms with van der Waals surface area (Å²) < 4.78 is 26.8. The maximum absolute atomic E-state index is 12.7. The highest BCUT2D eigenvalue weighted by Crippen LogP contribution is 2.31. The second-order valence-corrected chi connectivity index (χ2v) is 8.30. The second-order valence-electron chi connectivity index (χ2n) is 6.36. The molecule has 0 N–H and O–H groups in total. The van der Waals surface area contributed by atoms with Gasteiger partial charge in [0.05, 0.1) is 4.90 Å². The maximum atomic E-state index is 12.7. The van der Waals surface area contributed by atoms with E-state index in [1.807, 2.05) is 44.2 Å². The molecular formula is C21H24N2O3S. The summed E-state index contributed by atoms with van der Waals surface area (Å²) in [6, 6.07) is 14.7. The molecule has 1 aliphatic rings. The summed E-state index contributed by atoms with van der Waals surface area (Å²) in [6.07, 6.45) is 4.01. The molecule has 2 aromatic carbocycles. The first-order valence-corrected chi connectivity index (χ1v) is 10.6. The summed E-state index contributed by atoms with van der Waals surface area (Å²) in [5, 5.41) is 0. The van der Waals surface area contributed by atoms with Crippen LogP contribution in [0.4, 0.5) is 5.69 Å². The third kappa shape index (κ3) is 3.96. The number of hydrogen-bond donors (Lipinski definition) is 0. The summed E-state index contributed by atoms with van der Waals surface area (Å²) in [5.74, 6) is -0.100. The number of hydrogen-bond acceptors (Lipinski definition) is 3. The van der Waals surface area contributed by atoms with Crippen LogP contribution >= 0.6 is 0 Å². The first-order chi connectivity index (χ1) is 13.0. The largest absolute Gasteiger partial charge is 0.308 e. The van der Waals surface area contributed by atoms with Crippen LogP contribution in [0.2, 0.25) is 0 Å². The Balaban J connectivity index is 1.82. The smallest absolute Gasteiger partial charge is 0.251 e. The third-order valence-electron chi connectivity index (χ3n) is 4.77. The van der Waals surface area contributed by atoms with Crippen molar-refractivity contribution in [2.75, 3.05) is 24.5 Å². The Labute approximate surface area is 161 Å². The third-order valence-corrected chi connectivity index (χ3v) is 6.82. The molecule has 0 fully saturated rings. The fourth-order valence-corrected chi connectivity index (χ4v) is 4.81. The lowest BCUT2D eigenvalue weighted by Gasteiger charge is -2.19. The molecule has 3 rings (SSSR count). The second kappa shape index (κ2) is 8.06. The van der Waals surface area contributed by atoms with Gasteiger partial charge in [0.15, 0.2) is 0 Å². The van der Waals surface area contributed by atoms with Crippen LogP contribution in [0.5, 0.6) is 0 Å². The van der Waals surface area contributed by atoms with E-state index in [0.717, 1.165) is 16.8 Å². The van der Waals surface area contributed by atoms with Crippen molar-refractivity contribution in [2.45, 2.75) is 25.2 Å². The molecule has 6 heteroatoms. The van der Waals surface area contributed by atoms with Gasteiger partial charge in [-0.1, -0.05) is 44.2 Å². The zero-order valence-electron chi connectivity index (χ0n) is 15.6. The quantitative estimate of drug-likeness (QED) is 0.718. The lowest BCUT2D eigenvalue weighted by molar-refractivity contribution is -0.114. The van der Waals surface area contributed by atoms with Crippen molar-refractivity contribution in [3.05, 3.63) is 65.7 Å².